The summed E-state index contributed by atoms with van der Waals surface area (Å²) in [6, 6.07) is 2.12. The second kappa shape index (κ2) is 9.37. The molecule has 0 bridgehead atoms. The number of nitrogens with zero attached hydrogens (tertiary/aromatic N) is 1. The molecular weight excluding hydrogens is 461 g/mol. The molecule has 0 atom stereocenters. The number of alkyl halides is 3. The van der Waals surface area contributed by atoms with Gasteiger partial charge in [-0.15, -0.1) is 0 Å². The number of hydrogen-bond acceptors (Lipinski definition) is 2. The van der Waals surface area contributed by atoms with Crippen molar-refractivity contribution in [3.63, 3.8) is 0 Å². The molecule has 1 aromatic carbocycles. The van der Waals surface area contributed by atoms with Gasteiger partial charge in [-0.2, -0.15) is 13.2 Å². The molecule has 0 aliphatic carbocycles. The molecule has 0 aliphatic heterocycles. The molecule has 0 unspecified atom stereocenters. The highest BCUT2D eigenvalue weighted by atomic mass is 79.9. The predicted molar refractivity (Wildman–Crippen MR) is 116 cm³/mol. The summed E-state index contributed by atoms with van der Waals surface area (Å²) in [6.45, 7) is 7.19. The standard InChI is InChI=1S/C22H26BrF3N2O2/c1-6-9-16-17(20(29)18(23)12(4)28(16)5)21(30)27-19-13(7-2)10-15(22(24,25)26)11-14(19)8-3/h10-11H,6-9H2,1-5H3,(H,27,30). The van der Waals surface area contributed by atoms with Crippen LogP contribution in [0, 0.1) is 6.92 Å². The summed E-state index contributed by atoms with van der Waals surface area (Å²) < 4.78 is 41.9. The molecule has 4 nitrogen and oxygen atoms in total. The molecule has 0 saturated heterocycles. The fourth-order valence-electron chi connectivity index (χ4n) is 3.51. The lowest BCUT2D eigenvalue weighted by molar-refractivity contribution is -0.137. The number of halogens is 4. The van der Waals surface area contributed by atoms with Crippen molar-refractivity contribution in [2.24, 2.45) is 7.05 Å². The van der Waals surface area contributed by atoms with Crippen LogP contribution in [-0.4, -0.2) is 10.5 Å². The van der Waals surface area contributed by atoms with E-state index in [4.69, 9.17) is 0 Å². The normalized spacial score (nSPS) is 11.6. The van der Waals surface area contributed by atoms with Crippen molar-refractivity contribution in [2.45, 2.75) is 59.6 Å². The smallest absolute Gasteiger partial charge is 0.350 e. The summed E-state index contributed by atoms with van der Waals surface area (Å²) >= 11 is 3.27. The van der Waals surface area contributed by atoms with Crippen molar-refractivity contribution >= 4 is 27.5 Å². The number of rotatable bonds is 6. The third kappa shape index (κ3) is 4.63. The monoisotopic (exact) mass is 486 g/mol. The van der Waals surface area contributed by atoms with E-state index in [-0.39, 0.29) is 5.56 Å². The minimum absolute atomic E-state index is 0.0147. The number of anilines is 1. The molecule has 0 radical (unpaired) electrons. The highest BCUT2D eigenvalue weighted by molar-refractivity contribution is 9.10. The van der Waals surface area contributed by atoms with Crippen molar-refractivity contribution in [1.82, 2.24) is 4.57 Å². The van der Waals surface area contributed by atoms with Gasteiger partial charge in [-0.05, 0) is 65.4 Å². The Morgan fingerprint density at radius 1 is 1.13 bits per heavy atom. The summed E-state index contributed by atoms with van der Waals surface area (Å²) in [6.07, 6.45) is -2.59. The largest absolute Gasteiger partial charge is 0.416 e. The van der Waals surface area contributed by atoms with Gasteiger partial charge >= 0.3 is 6.18 Å². The Labute approximate surface area is 182 Å². The van der Waals surface area contributed by atoms with Gasteiger partial charge < -0.3 is 9.88 Å². The van der Waals surface area contributed by atoms with E-state index in [1.807, 2.05) is 6.92 Å². The quantitative estimate of drug-likeness (QED) is 0.560. The minimum Gasteiger partial charge on any atom is -0.350 e. The van der Waals surface area contributed by atoms with Crippen molar-refractivity contribution in [3.8, 4) is 0 Å². The number of hydrogen-bond donors (Lipinski definition) is 1. The molecule has 0 spiro atoms. The van der Waals surface area contributed by atoms with Gasteiger partial charge in [0.15, 0.2) is 0 Å². The maximum absolute atomic E-state index is 13.3. The van der Waals surface area contributed by atoms with E-state index in [2.05, 4.69) is 21.2 Å². The zero-order valence-corrected chi connectivity index (χ0v) is 19.3. The van der Waals surface area contributed by atoms with Crippen LogP contribution in [0.25, 0.3) is 0 Å². The van der Waals surface area contributed by atoms with Crippen LogP contribution in [0.2, 0.25) is 0 Å². The summed E-state index contributed by atoms with van der Waals surface area (Å²) in [5, 5.41) is 2.75. The van der Waals surface area contributed by atoms with Gasteiger partial charge in [0, 0.05) is 24.1 Å². The maximum Gasteiger partial charge on any atom is 0.416 e. The Hall–Kier alpha value is -2.09. The number of aryl methyl sites for hydroxylation is 2. The van der Waals surface area contributed by atoms with Crippen molar-refractivity contribution < 1.29 is 18.0 Å². The van der Waals surface area contributed by atoms with E-state index < -0.39 is 23.1 Å². The van der Waals surface area contributed by atoms with Crippen LogP contribution in [0.1, 0.15) is 65.6 Å². The third-order valence-corrected chi connectivity index (χ3v) is 6.22. The second-order valence-electron chi connectivity index (χ2n) is 7.19. The van der Waals surface area contributed by atoms with Gasteiger partial charge in [-0.25, -0.2) is 0 Å². The van der Waals surface area contributed by atoms with Crippen LogP contribution in [0.15, 0.2) is 21.4 Å². The van der Waals surface area contributed by atoms with Crippen LogP contribution in [0.4, 0.5) is 18.9 Å². The van der Waals surface area contributed by atoms with E-state index >= 15 is 0 Å². The van der Waals surface area contributed by atoms with Crippen molar-refractivity contribution in [3.05, 3.63) is 60.5 Å². The minimum atomic E-state index is -4.47. The average Bonchev–Trinajstić information content (AvgIpc) is 2.69. The summed E-state index contributed by atoms with van der Waals surface area (Å²) in [5.74, 6) is -0.607. The van der Waals surface area contributed by atoms with Gasteiger partial charge in [0.25, 0.3) is 5.91 Å². The number of nitrogens with one attached hydrogen (secondary N) is 1. The molecule has 0 aliphatic rings. The van der Waals surface area contributed by atoms with Gasteiger partial charge in [-0.3, -0.25) is 9.59 Å². The summed E-state index contributed by atoms with van der Waals surface area (Å²) in [4.78, 5) is 26.1. The van der Waals surface area contributed by atoms with Crippen LogP contribution in [0.5, 0.6) is 0 Å². The first kappa shape index (κ1) is 24.2. The molecule has 1 N–H and O–H groups in total. The molecule has 0 saturated carbocycles. The number of carbonyl (C=O) groups is 1. The fourth-order valence-corrected chi connectivity index (χ4v) is 3.98. The maximum atomic E-state index is 13.3. The molecule has 8 heteroatoms. The Morgan fingerprint density at radius 3 is 2.10 bits per heavy atom. The molecule has 30 heavy (non-hydrogen) atoms. The number of benzene rings is 1. The predicted octanol–water partition coefficient (Wildman–Crippen LogP) is 5.80. The molecule has 2 aromatic rings. The number of aromatic nitrogens is 1. The van der Waals surface area contributed by atoms with E-state index in [0.717, 1.165) is 18.6 Å². The molecule has 164 valence electrons. The zero-order valence-electron chi connectivity index (χ0n) is 17.8. The highest BCUT2D eigenvalue weighted by Gasteiger charge is 2.32. The molecule has 1 amide bonds. The number of amides is 1. The van der Waals surface area contributed by atoms with Crippen LogP contribution < -0.4 is 10.7 Å². The Kier molecular flexibility index (Phi) is 7.55. The van der Waals surface area contributed by atoms with E-state index in [1.165, 1.54) is 0 Å². The van der Waals surface area contributed by atoms with Crippen LogP contribution in [-0.2, 0) is 32.5 Å². The molecule has 0 fully saturated rings. The SMILES string of the molecule is CCCc1c(C(=O)Nc2c(CC)cc(C(F)(F)F)cc2CC)c(=O)c(Br)c(C)n1C. The summed E-state index contributed by atoms with van der Waals surface area (Å²) in [5.41, 5.74) is 1.27. The number of pyridine rings is 1. The zero-order chi connectivity index (χ0) is 22.8. The lowest BCUT2D eigenvalue weighted by Gasteiger charge is -2.20. The Bertz CT molecular complexity index is 1000. The average molecular weight is 487 g/mol. The first-order valence-electron chi connectivity index (χ1n) is 9.90. The van der Waals surface area contributed by atoms with E-state index in [9.17, 15) is 22.8 Å². The lowest BCUT2D eigenvalue weighted by Crippen LogP contribution is -2.29. The van der Waals surface area contributed by atoms with Crippen LogP contribution >= 0.6 is 15.9 Å². The molecule has 1 aromatic heterocycles. The first-order valence-corrected chi connectivity index (χ1v) is 10.7. The molecule has 1 heterocycles. The van der Waals surface area contributed by atoms with Gasteiger partial charge in [0.1, 0.15) is 5.56 Å². The lowest BCUT2D eigenvalue weighted by atomic mass is 9.98. The van der Waals surface area contributed by atoms with Crippen molar-refractivity contribution in [1.29, 1.82) is 0 Å². The Balaban J connectivity index is 2.65. The number of carbonyl (C=O) groups excluding carboxylic acids is 1. The van der Waals surface area contributed by atoms with E-state index in [1.54, 1.807) is 32.4 Å². The fraction of sp³-hybridized carbons (Fsp3) is 0.455. The van der Waals surface area contributed by atoms with Gasteiger partial charge in [0.2, 0.25) is 5.43 Å². The van der Waals surface area contributed by atoms with Crippen molar-refractivity contribution in [2.75, 3.05) is 5.32 Å². The summed E-state index contributed by atoms with van der Waals surface area (Å²) in [7, 11) is 1.79. The third-order valence-electron chi connectivity index (χ3n) is 5.28. The second-order valence-corrected chi connectivity index (χ2v) is 7.98. The highest BCUT2D eigenvalue weighted by Crippen LogP contribution is 2.35. The van der Waals surface area contributed by atoms with Gasteiger partial charge in [0.05, 0.1) is 10.0 Å². The first-order chi connectivity index (χ1) is 14.0. The molecule has 2 rings (SSSR count). The molecular formula is C22H26BrF3N2O2. The van der Waals surface area contributed by atoms with Crippen LogP contribution in [0.3, 0.4) is 0 Å². The van der Waals surface area contributed by atoms with E-state index in [0.29, 0.717) is 51.9 Å². The Morgan fingerprint density at radius 2 is 1.67 bits per heavy atom. The van der Waals surface area contributed by atoms with Gasteiger partial charge in [-0.1, -0.05) is 27.2 Å². The topological polar surface area (TPSA) is 51.1 Å².